The van der Waals surface area contributed by atoms with E-state index in [2.05, 4.69) is 21.2 Å². The van der Waals surface area contributed by atoms with E-state index in [0.29, 0.717) is 10.0 Å². The normalized spacial score (nSPS) is 18.9. The first-order valence-electron chi connectivity index (χ1n) is 6.02. The number of benzene rings is 1. The minimum Gasteiger partial charge on any atom is -0.337 e. The highest BCUT2D eigenvalue weighted by Crippen LogP contribution is 2.17. The van der Waals surface area contributed by atoms with Crippen molar-refractivity contribution in [3.05, 3.63) is 34.1 Å². The molecule has 1 N–H and O–H groups in total. The maximum Gasteiger partial charge on any atom is 0.227 e. The summed E-state index contributed by atoms with van der Waals surface area (Å²) < 4.78 is 13.8. The molecule has 0 aliphatic carbocycles. The summed E-state index contributed by atoms with van der Waals surface area (Å²) in [5.41, 5.74) is 0.714. The first-order valence-corrected chi connectivity index (χ1v) is 6.81. The summed E-state index contributed by atoms with van der Waals surface area (Å²) in [7, 11) is 0. The Morgan fingerprint density at radius 2 is 2.32 bits per heavy atom. The molecule has 1 aliphatic heterocycles. The number of amides is 1. The number of hydrogen-bond acceptors (Lipinski definition) is 2. The molecule has 1 saturated heterocycles. The summed E-state index contributed by atoms with van der Waals surface area (Å²) in [5.74, 6) is -0.264. The van der Waals surface area contributed by atoms with Crippen LogP contribution in [0.5, 0.6) is 0 Å². The molecule has 1 fully saturated rings. The fraction of sp³-hybridized carbons (Fsp3) is 0.462. The number of carbonyl (C=O) groups is 1. The van der Waals surface area contributed by atoms with Crippen LogP contribution in [-0.2, 0) is 11.2 Å². The molecule has 0 aromatic heterocycles. The van der Waals surface area contributed by atoms with Crippen LogP contribution in [0.2, 0.25) is 0 Å². The molecule has 1 aliphatic rings. The molecule has 2 rings (SSSR count). The van der Waals surface area contributed by atoms with Gasteiger partial charge in [0.05, 0.1) is 10.9 Å². The van der Waals surface area contributed by atoms with Crippen molar-refractivity contribution >= 4 is 34.2 Å². The predicted molar refractivity (Wildman–Crippen MR) is 79.1 cm³/mol. The molecule has 6 heteroatoms. The van der Waals surface area contributed by atoms with Gasteiger partial charge in [-0.2, -0.15) is 0 Å². The number of nitrogens with zero attached hydrogens (tertiary/aromatic N) is 1. The topological polar surface area (TPSA) is 32.3 Å². The molecule has 0 bridgehead atoms. The van der Waals surface area contributed by atoms with E-state index in [1.54, 1.807) is 12.1 Å². The van der Waals surface area contributed by atoms with E-state index in [-0.39, 0.29) is 36.6 Å². The number of rotatable bonds is 2. The van der Waals surface area contributed by atoms with Gasteiger partial charge in [-0.05, 0) is 40.5 Å². The summed E-state index contributed by atoms with van der Waals surface area (Å²) >= 11 is 3.10. The van der Waals surface area contributed by atoms with Gasteiger partial charge < -0.3 is 10.2 Å². The van der Waals surface area contributed by atoms with Crippen molar-refractivity contribution in [2.24, 2.45) is 0 Å². The van der Waals surface area contributed by atoms with Gasteiger partial charge in [0.25, 0.3) is 0 Å². The van der Waals surface area contributed by atoms with Crippen LogP contribution in [0.1, 0.15) is 12.5 Å². The summed E-state index contributed by atoms with van der Waals surface area (Å²) in [6, 6.07) is 5.03. The van der Waals surface area contributed by atoms with Gasteiger partial charge in [0, 0.05) is 25.7 Å². The van der Waals surface area contributed by atoms with Gasteiger partial charge in [0.2, 0.25) is 5.91 Å². The molecular formula is C13H17BrClFN2O. The highest BCUT2D eigenvalue weighted by Gasteiger charge is 2.22. The van der Waals surface area contributed by atoms with Gasteiger partial charge in [0.1, 0.15) is 5.82 Å². The number of hydrogen-bond donors (Lipinski definition) is 1. The fourth-order valence-electron chi connectivity index (χ4n) is 2.14. The summed E-state index contributed by atoms with van der Waals surface area (Å²) in [6.45, 7) is 4.39. The lowest BCUT2D eigenvalue weighted by Gasteiger charge is -2.34. The molecule has 106 valence electrons. The zero-order valence-corrected chi connectivity index (χ0v) is 13.1. The Morgan fingerprint density at radius 1 is 1.58 bits per heavy atom. The van der Waals surface area contributed by atoms with Crippen molar-refractivity contribution in [3.8, 4) is 0 Å². The minimum absolute atomic E-state index is 0. The highest BCUT2D eigenvalue weighted by molar-refractivity contribution is 9.10. The summed E-state index contributed by atoms with van der Waals surface area (Å²) in [6.07, 6.45) is 0.258. The van der Waals surface area contributed by atoms with Gasteiger partial charge in [-0.15, -0.1) is 12.4 Å². The van der Waals surface area contributed by atoms with Gasteiger partial charge in [-0.3, -0.25) is 4.79 Å². The lowest BCUT2D eigenvalue weighted by atomic mass is 10.1. The molecule has 1 unspecified atom stereocenters. The lowest BCUT2D eigenvalue weighted by molar-refractivity contribution is -0.133. The zero-order valence-electron chi connectivity index (χ0n) is 10.7. The Balaban J connectivity index is 0.00000180. The summed E-state index contributed by atoms with van der Waals surface area (Å²) in [4.78, 5) is 14.0. The average Bonchev–Trinajstić information content (AvgIpc) is 2.34. The van der Waals surface area contributed by atoms with E-state index in [0.717, 1.165) is 19.6 Å². The predicted octanol–water partition coefficient (Wildman–Crippen LogP) is 2.37. The maximum atomic E-state index is 13.4. The smallest absolute Gasteiger partial charge is 0.227 e. The Labute approximate surface area is 127 Å². The van der Waals surface area contributed by atoms with Crippen molar-refractivity contribution in [2.75, 3.05) is 19.6 Å². The van der Waals surface area contributed by atoms with Crippen LogP contribution in [0.4, 0.5) is 4.39 Å². The second-order valence-electron chi connectivity index (χ2n) is 4.57. The molecule has 0 saturated carbocycles. The molecule has 1 amide bonds. The molecule has 1 aromatic rings. The zero-order chi connectivity index (χ0) is 13.1. The van der Waals surface area contributed by atoms with E-state index in [1.165, 1.54) is 6.07 Å². The highest BCUT2D eigenvalue weighted by atomic mass is 79.9. The second kappa shape index (κ2) is 7.22. The van der Waals surface area contributed by atoms with E-state index >= 15 is 0 Å². The average molecular weight is 352 g/mol. The van der Waals surface area contributed by atoms with Crippen molar-refractivity contribution in [1.82, 2.24) is 10.2 Å². The first-order chi connectivity index (χ1) is 8.58. The molecule has 1 heterocycles. The monoisotopic (exact) mass is 350 g/mol. The van der Waals surface area contributed by atoms with E-state index < -0.39 is 0 Å². The SMILES string of the molecule is CC1CNCCN1C(=O)Cc1ccc(Br)c(F)c1.Cl. The van der Waals surface area contributed by atoms with Crippen molar-refractivity contribution in [2.45, 2.75) is 19.4 Å². The van der Waals surface area contributed by atoms with Crippen molar-refractivity contribution in [3.63, 3.8) is 0 Å². The van der Waals surface area contributed by atoms with E-state index in [1.807, 2.05) is 11.8 Å². The summed E-state index contributed by atoms with van der Waals surface area (Å²) in [5, 5.41) is 3.24. The molecule has 3 nitrogen and oxygen atoms in total. The number of nitrogens with one attached hydrogen (secondary N) is 1. The van der Waals surface area contributed by atoms with Crippen molar-refractivity contribution in [1.29, 1.82) is 0 Å². The largest absolute Gasteiger partial charge is 0.337 e. The quantitative estimate of drug-likeness (QED) is 0.887. The van der Waals surface area contributed by atoms with Gasteiger partial charge in [-0.1, -0.05) is 6.07 Å². The third-order valence-corrected chi connectivity index (χ3v) is 3.80. The Bertz CT molecular complexity index is 458. The van der Waals surface area contributed by atoms with Crippen LogP contribution >= 0.6 is 28.3 Å². The Morgan fingerprint density at radius 3 is 2.95 bits per heavy atom. The van der Waals surface area contributed by atoms with Gasteiger partial charge in [0.15, 0.2) is 0 Å². The van der Waals surface area contributed by atoms with Crippen LogP contribution in [0.3, 0.4) is 0 Å². The third kappa shape index (κ3) is 4.16. The molecular weight excluding hydrogens is 335 g/mol. The number of carbonyl (C=O) groups excluding carboxylic acids is 1. The molecule has 19 heavy (non-hydrogen) atoms. The first kappa shape index (κ1) is 16.4. The van der Waals surface area contributed by atoms with Crippen molar-refractivity contribution < 1.29 is 9.18 Å². The van der Waals surface area contributed by atoms with E-state index in [4.69, 9.17) is 0 Å². The molecule has 0 spiro atoms. The second-order valence-corrected chi connectivity index (χ2v) is 5.42. The van der Waals surface area contributed by atoms with Crippen LogP contribution in [0, 0.1) is 5.82 Å². The lowest BCUT2D eigenvalue weighted by Crippen LogP contribution is -2.52. The van der Waals surface area contributed by atoms with Gasteiger partial charge >= 0.3 is 0 Å². The Hall–Kier alpha value is -0.650. The standard InChI is InChI=1S/C13H16BrFN2O.ClH/c1-9-8-16-4-5-17(9)13(18)7-10-2-3-11(14)12(15)6-10;/h2-3,6,9,16H,4-5,7-8H2,1H3;1H. The van der Waals surface area contributed by atoms with Gasteiger partial charge in [-0.25, -0.2) is 4.39 Å². The third-order valence-electron chi connectivity index (χ3n) is 3.16. The van der Waals surface area contributed by atoms with Crippen LogP contribution in [-0.4, -0.2) is 36.5 Å². The molecule has 1 aromatic carbocycles. The minimum atomic E-state index is -0.325. The number of piperazine rings is 1. The maximum absolute atomic E-state index is 13.4. The van der Waals surface area contributed by atoms with Crippen LogP contribution in [0.15, 0.2) is 22.7 Å². The number of halogens is 3. The molecule has 1 atom stereocenters. The Kier molecular flexibility index (Phi) is 6.23. The molecule has 0 radical (unpaired) electrons. The van der Waals surface area contributed by atoms with Crippen LogP contribution in [0.25, 0.3) is 0 Å². The van der Waals surface area contributed by atoms with E-state index in [9.17, 15) is 9.18 Å². The van der Waals surface area contributed by atoms with Crippen LogP contribution < -0.4 is 5.32 Å². The fourth-order valence-corrected chi connectivity index (χ4v) is 2.38.